The van der Waals surface area contributed by atoms with E-state index in [4.69, 9.17) is 5.73 Å². The summed E-state index contributed by atoms with van der Waals surface area (Å²) < 4.78 is 13.8. The summed E-state index contributed by atoms with van der Waals surface area (Å²) in [6, 6.07) is 7.77. The Hall–Kier alpha value is -1.09. The zero-order valence-electron chi connectivity index (χ0n) is 9.70. The molecule has 88 valence electrons. The first-order valence-electron chi connectivity index (χ1n) is 5.82. The number of nitrogens with zero attached hydrogens (tertiary/aromatic N) is 1. The Morgan fingerprint density at radius 3 is 2.69 bits per heavy atom. The van der Waals surface area contributed by atoms with Crippen LogP contribution in [0.25, 0.3) is 0 Å². The first-order valence-corrected chi connectivity index (χ1v) is 5.82. The summed E-state index contributed by atoms with van der Waals surface area (Å²) >= 11 is 0. The lowest BCUT2D eigenvalue weighted by molar-refractivity contribution is 0.102. The third-order valence-electron chi connectivity index (χ3n) is 3.36. The topological polar surface area (TPSA) is 29.3 Å². The van der Waals surface area contributed by atoms with E-state index in [1.807, 2.05) is 31.3 Å². The molecular weight excluding hydrogens is 203 g/mol. The van der Waals surface area contributed by atoms with Gasteiger partial charge >= 0.3 is 0 Å². The molecular formula is C13H19FN2. The fourth-order valence-electron chi connectivity index (χ4n) is 2.29. The van der Waals surface area contributed by atoms with Gasteiger partial charge in [-0.15, -0.1) is 0 Å². The van der Waals surface area contributed by atoms with Crippen molar-refractivity contribution in [2.75, 3.05) is 25.9 Å². The molecule has 0 aromatic heterocycles. The van der Waals surface area contributed by atoms with Gasteiger partial charge in [0.05, 0.1) is 0 Å². The van der Waals surface area contributed by atoms with Crippen LogP contribution in [0.2, 0.25) is 0 Å². The zero-order valence-corrected chi connectivity index (χ0v) is 9.70. The molecule has 0 saturated carbocycles. The lowest BCUT2D eigenvalue weighted by Crippen LogP contribution is -2.40. The van der Waals surface area contributed by atoms with Crippen molar-refractivity contribution >= 4 is 5.69 Å². The quantitative estimate of drug-likeness (QED) is 0.776. The van der Waals surface area contributed by atoms with Crippen LogP contribution in [-0.2, 0) is 6.42 Å². The minimum absolute atomic E-state index is 0.167. The molecule has 2 rings (SSSR count). The summed E-state index contributed by atoms with van der Waals surface area (Å²) in [5, 5.41) is 0. The Labute approximate surface area is 96.2 Å². The van der Waals surface area contributed by atoms with Crippen LogP contribution >= 0.6 is 0 Å². The molecule has 16 heavy (non-hydrogen) atoms. The Morgan fingerprint density at radius 2 is 2.06 bits per heavy atom. The van der Waals surface area contributed by atoms with Gasteiger partial charge in [-0.3, -0.25) is 0 Å². The average Bonchev–Trinajstić information content (AvgIpc) is 2.25. The van der Waals surface area contributed by atoms with Gasteiger partial charge < -0.3 is 10.6 Å². The highest BCUT2D eigenvalue weighted by molar-refractivity contribution is 5.39. The van der Waals surface area contributed by atoms with E-state index in [1.165, 1.54) is 5.56 Å². The number of nitrogen functional groups attached to an aromatic ring is 1. The van der Waals surface area contributed by atoms with Gasteiger partial charge in [0.2, 0.25) is 0 Å². The first kappa shape index (κ1) is 11.4. The van der Waals surface area contributed by atoms with Crippen molar-refractivity contribution in [1.29, 1.82) is 0 Å². The summed E-state index contributed by atoms with van der Waals surface area (Å²) in [5.74, 6) is 0.167. The van der Waals surface area contributed by atoms with Crippen LogP contribution in [-0.4, -0.2) is 31.2 Å². The number of hydrogen-bond donors (Lipinski definition) is 1. The van der Waals surface area contributed by atoms with E-state index in [0.29, 0.717) is 6.54 Å². The van der Waals surface area contributed by atoms with Crippen LogP contribution in [0.5, 0.6) is 0 Å². The summed E-state index contributed by atoms with van der Waals surface area (Å²) in [7, 11) is 1.98. The largest absolute Gasteiger partial charge is 0.399 e. The molecule has 1 aromatic rings. The van der Waals surface area contributed by atoms with Crippen molar-refractivity contribution < 1.29 is 4.39 Å². The smallest absolute Gasteiger partial charge is 0.116 e. The minimum atomic E-state index is -0.698. The standard InChI is InChI=1S/C13H19FN2/c1-16-7-6-11(13(14)9-16)8-10-2-4-12(15)5-3-10/h2-5,11,13H,6-9,15H2,1H3. The summed E-state index contributed by atoms with van der Waals surface area (Å²) in [6.07, 6.45) is 1.08. The van der Waals surface area contributed by atoms with E-state index in [-0.39, 0.29) is 5.92 Å². The molecule has 0 radical (unpaired) electrons. The van der Waals surface area contributed by atoms with E-state index in [1.54, 1.807) is 0 Å². The number of likely N-dealkylation sites (tertiary alicyclic amines) is 1. The second-order valence-electron chi connectivity index (χ2n) is 4.77. The maximum absolute atomic E-state index is 13.8. The molecule has 0 aliphatic carbocycles. The van der Waals surface area contributed by atoms with Gasteiger partial charge in [-0.25, -0.2) is 4.39 Å². The molecule has 2 nitrogen and oxygen atoms in total. The van der Waals surface area contributed by atoms with Crippen molar-refractivity contribution in [3.8, 4) is 0 Å². The Balaban J connectivity index is 1.96. The van der Waals surface area contributed by atoms with Crippen molar-refractivity contribution in [1.82, 2.24) is 4.90 Å². The molecule has 1 aliphatic heterocycles. The molecule has 2 unspecified atom stereocenters. The normalized spacial score (nSPS) is 26.9. The number of hydrogen-bond acceptors (Lipinski definition) is 2. The van der Waals surface area contributed by atoms with E-state index < -0.39 is 6.17 Å². The molecule has 2 N–H and O–H groups in total. The number of nitrogens with two attached hydrogens (primary N) is 1. The van der Waals surface area contributed by atoms with Gasteiger partial charge in [-0.1, -0.05) is 12.1 Å². The highest BCUT2D eigenvalue weighted by atomic mass is 19.1. The van der Waals surface area contributed by atoms with Crippen LogP contribution in [0.4, 0.5) is 10.1 Å². The van der Waals surface area contributed by atoms with Crippen molar-refractivity contribution in [3.63, 3.8) is 0 Å². The third-order valence-corrected chi connectivity index (χ3v) is 3.36. The second-order valence-corrected chi connectivity index (χ2v) is 4.77. The molecule has 1 aliphatic rings. The Kier molecular flexibility index (Phi) is 3.44. The van der Waals surface area contributed by atoms with Crippen molar-refractivity contribution in [2.24, 2.45) is 5.92 Å². The SMILES string of the molecule is CN1CCC(Cc2ccc(N)cc2)C(F)C1. The van der Waals surface area contributed by atoms with Gasteiger partial charge in [-0.2, -0.15) is 0 Å². The number of anilines is 1. The minimum Gasteiger partial charge on any atom is -0.399 e. The van der Waals surface area contributed by atoms with E-state index in [0.717, 1.165) is 25.1 Å². The van der Waals surface area contributed by atoms with Crippen LogP contribution in [0.15, 0.2) is 24.3 Å². The van der Waals surface area contributed by atoms with Gasteiger partial charge in [0.15, 0.2) is 0 Å². The lowest BCUT2D eigenvalue weighted by Gasteiger charge is -2.32. The fraction of sp³-hybridized carbons (Fsp3) is 0.538. The van der Waals surface area contributed by atoms with Crippen molar-refractivity contribution in [2.45, 2.75) is 19.0 Å². The Bertz CT molecular complexity index is 336. The Morgan fingerprint density at radius 1 is 1.38 bits per heavy atom. The highest BCUT2D eigenvalue weighted by Crippen LogP contribution is 2.24. The predicted octanol–water partition coefficient (Wildman–Crippen LogP) is 2.10. The molecule has 0 amide bonds. The van der Waals surface area contributed by atoms with Crippen LogP contribution < -0.4 is 5.73 Å². The maximum atomic E-state index is 13.8. The highest BCUT2D eigenvalue weighted by Gasteiger charge is 2.27. The van der Waals surface area contributed by atoms with E-state index >= 15 is 0 Å². The maximum Gasteiger partial charge on any atom is 0.116 e. The van der Waals surface area contributed by atoms with Crippen molar-refractivity contribution in [3.05, 3.63) is 29.8 Å². The monoisotopic (exact) mass is 222 g/mol. The van der Waals surface area contributed by atoms with E-state index in [2.05, 4.69) is 4.90 Å². The molecule has 3 heteroatoms. The summed E-state index contributed by atoms with van der Waals surface area (Å²) in [4.78, 5) is 2.06. The fourth-order valence-corrected chi connectivity index (χ4v) is 2.29. The van der Waals surface area contributed by atoms with Crippen LogP contribution in [0.3, 0.4) is 0 Å². The molecule has 0 bridgehead atoms. The van der Waals surface area contributed by atoms with Gasteiger partial charge in [0.1, 0.15) is 6.17 Å². The molecule has 2 atom stereocenters. The second kappa shape index (κ2) is 4.83. The predicted molar refractivity (Wildman–Crippen MR) is 65.1 cm³/mol. The lowest BCUT2D eigenvalue weighted by atomic mass is 9.89. The molecule has 1 fully saturated rings. The van der Waals surface area contributed by atoms with Crippen LogP contribution in [0.1, 0.15) is 12.0 Å². The van der Waals surface area contributed by atoms with Gasteiger partial charge in [0, 0.05) is 12.2 Å². The first-order chi connectivity index (χ1) is 7.65. The average molecular weight is 222 g/mol. The van der Waals surface area contributed by atoms with Gasteiger partial charge in [0.25, 0.3) is 0 Å². The van der Waals surface area contributed by atoms with E-state index in [9.17, 15) is 4.39 Å². The molecule has 1 saturated heterocycles. The molecule has 1 heterocycles. The molecule has 1 aromatic carbocycles. The third kappa shape index (κ3) is 2.73. The number of benzene rings is 1. The van der Waals surface area contributed by atoms with Crippen LogP contribution in [0, 0.1) is 5.92 Å². The number of alkyl halides is 1. The zero-order chi connectivity index (χ0) is 11.5. The van der Waals surface area contributed by atoms with Gasteiger partial charge in [-0.05, 0) is 50.0 Å². The number of rotatable bonds is 2. The number of piperidine rings is 1. The summed E-state index contributed by atoms with van der Waals surface area (Å²) in [6.45, 7) is 1.57. The number of halogens is 1. The molecule has 0 spiro atoms. The summed E-state index contributed by atoms with van der Waals surface area (Å²) in [5.41, 5.74) is 7.58.